The highest BCUT2D eigenvalue weighted by Gasteiger charge is 2.32. The first-order valence-corrected chi connectivity index (χ1v) is 8.64. The molecule has 1 aromatic carbocycles. The molecule has 3 rings (SSSR count). The third-order valence-corrected chi connectivity index (χ3v) is 5.10. The van der Waals surface area contributed by atoms with Crippen molar-refractivity contribution < 1.29 is 26.3 Å². The molecule has 0 aliphatic heterocycles. The van der Waals surface area contributed by atoms with Gasteiger partial charge in [0.25, 0.3) is 0 Å². The Bertz CT molecular complexity index is 991. The van der Waals surface area contributed by atoms with Crippen LogP contribution in [0.25, 0.3) is 22.6 Å². The molecular formula is C17H13F6N3S. The molecule has 27 heavy (non-hydrogen) atoms. The van der Waals surface area contributed by atoms with Crippen LogP contribution in [0, 0.1) is 6.92 Å². The van der Waals surface area contributed by atoms with E-state index in [0.29, 0.717) is 33.6 Å². The van der Waals surface area contributed by atoms with Gasteiger partial charge in [0.1, 0.15) is 11.3 Å². The topological polar surface area (TPSA) is 30.7 Å². The van der Waals surface area contributed by atoms with E-state index in [9.17, 15) is 26.3 Å². The van der Waals surface area contributed by atoms with Crippen molar-refractivity contribution in [2.75, 3.05) is 5.75 Å². The quantitative estimate of drug-likeness (QED) is 0.419. The van der Waals surface area contributed by atoms with Crippen molar-refractivity contribution in [3.8, 4) is 11.4 Å². The minimum atomic E-state index is -4.54. The molecule has 0 atom stereocenters. The highest BCUT2D eigenvalue weighted by molar-refractivity contribution is 7.99. The van der Waals surface area contributed by atoms with Crippen molar-refractivity contribution in [2.24, 2.45) is 7.05 Å². The van der Waals surface area contributed by atoms with Gasteiger partial charge in [-0.15, -0.1) is 11.8 Å². The van der Waals surface area contributed by atoms with Crippen molar-refractivity contribution >= 4 is 22.9 Å². The molecule has 0 fully saturated rings. The summed E-state index contributed by atoms with van der Waals surface area (Å²) < 4.78 is 77.6. The van der Waals surface area contributed by atoms with Gasteiger partial charge in [-0.05, 0) is 24.6 Å². The average Bonchev–Trinajstić information content (AvgIpc) is 2.89. The first-order valence-electron chi connectivity index (χ1n) is 7.66. The van der Waals surface area contributed by atoms with E-state index in [1.54, 1.807) is 32.2 Å². The zero-order valence-corrected chi connectivity index (χ0v) is 14.9. The summed E-state index contributed by atoms with van der Waals surface area (Å²) in [6.07, 6.45) is -8.11. The summed E-state index contributed by atoms with van der Waals surface area (Å²) in [5.41, 5.74) is 0.573. The summed E-state index contributed by atoms with van der Waals surface area (Å²) in [7, 11) is 1.59. The minimum Gasteiger partial charge on any atom is -0.312 e. The van der Waals surface area contributed by atoms with E-state index in [1.165, 1.54) is 4.57 Å². The first kappa shape index (κ1) is 19.5. The van der Waals surface area contributed by atoms with E-state index < -0.39 is 23.7 Å². The van der Waals surface area contributed by atoms with E-state index in [-0.39, 0.29) is 11.2 Å². The van der Waals surface area contributed by atoms with E-state index in [1.807, 2.05) is 0 Å². The molecule has 0 unspecified atom stereocenters. The number of thioether (sulfide) groups is 1. The Kier molecular flexibility index (Phi) is 4.87. The second kappa shape index (κ2) is 6.74. The molecule has 0 radical (unpaired) electrons. The fourth-order valence-electron chi connectivity index (χ4n) is 2.54. The van der Waals surface area contributed by atoms with E-state index in [0.717, 1.165) is 12.3 Å². The number of rotatable bonds is 3. The molecule has 3 nitrogen and oxygen atoms in total. The monoisotopic (exact) mass is 405 g/mol. The molecule has 0 amide bonds. The van der Waals surface area contributed by atoms with Crippen LogP contribution < -0.4 is 0 Å². The maximum absolute atomic E-state index is 12.9. The Morgan fingerprint density at radius 3 is 2.41 bits per heavy atom. The Hall–Kier alpha value is -2.23. The fourth-order valence-corrected chi connectivity index (χ4v) is 3.37. The van der Waals surface area contributed by atoms with Gasteiger partial charge in [-0.1, -0.05) is 12.1 Å². The molecule has 0 bridgehead atoms. The fraction of sp³-hybridized carbons (Fsp3) is 0.294. The van der Waals surface area contributed by atoms with E-state index >= 15 is 0 Å². The number of alkyl halides is 6. The van der Waals surface area contributed by atoms with Crippen LogP contribution in [0.4, 0.5) is 26.3 Å². The van der Waals surface area contributed by atoms with Gasteiger partial charge >= 0.3 is 12.4 Å². The van der Waals surface area contributed by atoms with Crippen LogP contribution >= 0.6 is 11.8 Å². The second-order valence-electron chi connectivity index (χ2n) is 5.94. The number of halogens is 6. The lowest BCUT2D eigenvalue weighted by Crippen LogP contribution is -2.10. The summed E-state index contributed by atoms with van der Waals surface area (Å²) in [6.45, 7) is 1.69. The van der Waals surface area contributed by atoms with Gasteiger partial charge in [0.15, 0.2) is 5.65 Å². The van der Waals surface area contributed by atoms with Gasteiger partial charge in [0.2, 0.25) is 0 Å². The van der Waals surface area contributed by atoms with Gasteiger partial charge in [0.05, 0.1) is 11.3 Å². The predicted molar refractivity (Wildman–Crippen MR) is 90.5 cm³/mol. The number of aromatic nitrogens is 3. The molecule has 0 aliphatic carbocycles. The van der Waals surface area contributed by atoms with Gasteiger partial charge in [-0.25, -0.2) is 9.97 Å². The maximum Gasteiger partial charge on any atom is 0.417 e. The number of nitrogens with zero attached hydrogens (tertiary/aromatic N) is 3. The van der Waals surface area contributed by atoms with Crippen molar-refractivity contribution in [2.45, 2.75) is 24.2 Å². The SMILES string of the molecule is Cc1ccc(-c2nc3cc(C(F)(F)F)cnc3n2C)cc1SCC(F)(F)F. The molecule has 2 aromatic heterocycles. The van der Waals surface area contributed by atoms with E-state index in [2.05, 4.69) is 9.97 Å². The molecule has 144 valence electrons. The van der Waals surface area contributed by atoms with Gasteiger partial charge in [-0.3, -0.25) is 0 Å². The Balaban J connectivity index is 2.03. The Morgan fingerprint density at radius 1 is 1.07 bits per heavy atom. The molecule has 0 spiro atoms. The second-order valence-corrected chi connectivity index (χ2v) is 6.96. The first-order chi connectivity index (χ1) is 12.5. The van der Waals surface area contributed by atoms with Crippen LogP contribution in [-0.4, -0.2) is 26.5 Å². The number of aryl methyl sites for hydroxylation is 2. The lowest BCUT2D eigenvalue weighted by atomic mass is 10.1. The predicted octanol–water partition coefficient (Wildman–Crippen LogP) is 5.62. The van der Waals surface area contributed by atoms with Gasteiger partial charge in [0, 0.05) is 23.7 Å². The lowest BCUT2D eigenvalue weighted by molar-refractivity contribution is -0.137. The standard InChI is InChI=1S/C17H13F6N3S/c1-9-3-4-10(5-13(9)27-8-16(18,19)20)14-25-12-6-11(17(21,22)23)7-24-15(12)26(14)2/h3-7H,8H2,1-2H3. The normalized spacial score (nSPS) is 12.7. The molecular weight excluding hydrogens is 392 g/mol. The molecule has 0 N–H and O–H groups in total. The van der Waals surface area contributed by atoms with Crippen LogP contribution in [-0.2, 0) is 13.2 Å². The average molecular weight is 405 g/mol. The van der Waals surface area contributed by atoms with Crippen LogP contribution in [0.3, 0.4) is 0 Å². The van der Waals surface area contributed by atoms with Crippen LogP contribution in [0.15, 0.2) is 35.4 Å². The zero-order chi connectivity index (χ0) is 20.0. The van der Waals surface area contributed by atoms with Crippen LogP contribution in [0.5, 0.6) is 0 Å². The number of fused-ring (bicyclic) bond motifs is 1. The Morgan fingerprint density at radius 2 is 1.78 bits per heavy atom. The van der Waals surface area contributed by atoms with Gasteiger partial charge in [-0.2, -0.15) is 26.3 Å². The van der Waals surface area contributed by atoms with Crippen molar-refractivity contribution in [1.29, 1.82) is 0 Å². The number of hydrogen-bond acceptors (Lipinski definition) is 3. The summed E-state index contributed by atoms with van der Waals surface area (Å²) in [4.78, 5) is 8.47. The maximum atomic E-state index is 12.9. The third kappa shape index (κ3) is 4.20. The molecule has 0 aliphatic rings. The third-order valence-electron chi connectivity index (χ3n) is 3.87. The smallest absolute Gasteiger partial charge is 0.312 e. The van der Waals surface area contributed by atoms with Crippen LogP contribution in [0.2, 0.25) is 0 Å². The minimum absolute atomic E-state index is 0.0624. The Labute approximate surface area is 154 Å². The van der Waals surface area contributed by atoms with Crippen molar-refractivity contribution in [1.82, 2.24) is 14.5 Å². The highest BCUT2D eigenvalue weighted by Crippen LogP contribution is 2.34. The largest absolute Gasteiger partial charge is 0.417 e. The van der Waals surface area contributed by atoms with E-state index in [4.69, 9.17) is 0 Å². The summed E-state index contributed by atoms with van der Waals surface area (Å²) in [6, 6.07) is 5.78. The highest BCUT2D eigenvalue weighted by atomic mass is 32.2. The molecule has 0 saturated carbocycles. The molecule has 2 heterocycles. The number of imidazole rings is 1. The van der Waals surface area contributed by atoms with Crippen LogP contribution in [0.1, 0.15) is 11.1 Å². The lowest BCUT2D eigenvalue weighted by Gasteiger charge is -2.10. The van der Waals surface area contributed by atoms with Crippen molar-refractivity contribution in [3.05, 3.63) is 41.6 Å². The number of hydrogen-bond donors (Lipinski definition) is 0. The van der Waals surface area contributed by atoms with Crippen molar-refractivity contribution in [3.63, 3.8) is 0 Å². The molecule has 0 saturated heterocycles. The molecule has 3 aromatic rings. The summed E-state index contributed by atoms with van der Waals surface area (Å²) in [5, 5.41) is 0. The number of benzene rings is 1. The van der Waals surface area contributed by atoms with Gasteiger partial charge < -0.3 is 4.57 Å². The summed E-state index contributed by atoms with van der Waals surface area (Å²) >= 11 is 0.655. The summed E-state index contributed by atoms with van der Waals surface area (Å²) in [5.74, 6) is -0.707. The number of pyridine rings is 1. The molecule has 10 heteroatoms. The zero-order valence-electron chi connectivity index (χ0n) is 14.1.